The van der Waals surface area contributed by atoms with Crippen LogP contribution >= 0.6 is 0 Å². The molecule has 2 heteroatoms. The molecule has 0 radical (unpaired) electrons. The molecule has 0 heterocycles. The molecule has 0 amide bonds. The monoisotopic (exact) mass is 908 g/mol. The van der Waals surface area contributed by atoms with Crippen LogP contribution in [0.4, 0.5) is 34.1 Å². The van der Waals surface area contributed by atoms with Crippen molar-refractivity contribution < 1.29 is 0 Å². The van der Waals surface area contributed by atoms with Gasteiger partial charge < -0.3 is 9.80 Å². The first-order valence-electron chi connectivity index (χ1n) is 25.3. The summed E-state index contributed by atoms with van der Waals surface area (Å²) in [6.45, 7) is 14.4. The molecule has 15 rings (SSSR count). The van der Waals surface area contributed by atoms with Crippen LogP contribution in [0.15, 0.2) is 206 Å². The molecular weight excluding hydrogens is 857 g/mol. The van der Waals surface area contributed by atoms with Crippen LogP contribution in [0.3, 0.4) is 0 Å². The standard InChI is InChI=1S/C69H52N2/c1-67(2)55-18-10-13-43-21-24-46-35-52(38-58(67)64(46)61(43)55)70(49-16-8-7-9-17-49)50-31-27-41(28-32-50)42-29-33-51(34-30-42)71(53-36-47-25-22-44-14-11-19-56-62(44)65(47)59(39-53)68(56,3)4)54-37-48-26-23-45-15-12-20-57-63(45)66(48)60(40-54)69(57,5)6/h7-40H,1-6H3. The first kappa shape index (κ1) is 40.7. The van der Waals surface area contributed by atoms with Crippen LogP contribution in [0.2, 0.25) is 0 Å². The maximum Gasteiger partial charge on any atom is 0.0471 e. The molecule has 3 aliphatic rings. The topological polar surface area (TPSA) is 6.48 Å². The summed E-state index contributed by atoms with van der Waals surface area (Å²) < 4.78 is 0. The Labute approximate surface area is 415 Å². The number of hydrogen-bond donors (Lipinski definition) is 0. The van der Waals surface area contributed by atoms with Crippen LogP contribution in [0.25, 0.3) is 75.8 Å². The lowest BCUT2D eigenvalue weighted by Gasteiger charge is -2.30. The van der Waals surface area contributed by atoms with Crippen molar-refractivity contribution in [2.75, 3.05) is 9.80 Å². The van der Waals surface area contributed by atoms with Crippen LogP contribution < -0.4 is 9.80 Å². The van der Waals surface area contributed by atoms with Crippen molar-refractivity contribution in [2.45, 2.75) is 57.8 Å². The molecule has 0 unspecified atom stereocenters. The Morgan fingerprint density at radius 1 is 0.225 bits per heavy atom. The summed E-state index contributed by atoms with van der Waals surface area (Å²) in [5.41, 5.74) is 17.3. The number of benzene rings is 12. The molecule has 2 nitrogen and oxygen atoms in total. The molecule has 0 saturated carbocycles. The summed E-state index contributed by atoms with van der Waals surface area (Å²) in [5.74, 6) is 0. The van der Waals surface area contributed by atoms with E-state index in [-0.39, 0.29) is 16.2 Å². The highest BCUT2D eigenvalue weighted by Crippen LogP contribution is 2.55. The van der Waals surface area contributed by atoms with E-state index in [1.54, 1.807) is 0 Å². The summed E-state index contributed by atoms with van der Waals surface area (Å²) in [6, 6.07) is 78.3. The van der Waals surface area contributed by atoms with Crippen molar-refractivity contribution >= 4 is 98.8 Å². The van der Waals surface area contributed by atoms with E-state index in [0.717, 1.165) is 17.1 Å². The minimum absolute atomic E-state index is 0.105. The molecule has 338 valence electrons. The zero-order chi connectivity index (χ0) is 47.7. The maximum atomic E-state index is 2.52. The molecule has 0 saturated heterocycles. The summed E-state index contributed by atoms with van der Waals surface area (Å²) in [6.07, 6.45) is 0. The molecule has 0 aromatic heterocycles. The largest absolute Gasteiger partial charge is 0.310 e. The molecular formula is C69H52N2. The van der Waals surface area contributed by atoms with Gasteiger partial charge in [0.25, 0.3) is 0 Å². The Balaban J connectivity index is 0.848. The zero-order valence-corrected chi connectivity index (χ0v) is 41.0. The highest BCUT2D eigenvalue weighted by molar-refractivity contribution is 6.18. The van der Waals surface area contributed by atoms with Gasteiger partial charge in [0.1, 0.15) is 0 Å². The van der Waals surface area contributed by atoms with Gasteiger partial charge >= 0.3 is 0 Å². The van der Waals surface area contributed by atoms with Crippen molar-refractivity contribution in [3.8, 4) is 11.1 Å². The number of rotatable bonds is 7. The predicted molar refractivity (Wildman–Crippen MR) is 303 cm³/mol. The van der Waals surface area contributed by atoms with Crippen molar-refractivity contribution in [3.05, 3.63) is 240 Å². The molecule has 12 aromatic rings. The fourth-order valence-corrected chi connectivity index (χ4v) is 13.6. The van der Waals surface area contributed by atoms with Crippen LogP contribution in [0.1, 0.15) is 74.9 Å². The third kappa shape index (κ3) is 5.48. The highest BCUT2D eigenvalue weighted by atomic mass is 15.1. The molecule has 0 spiro atoms. The normalized spacial score (nSPS) is 15.2. The second-order valence-corrected chi connectivity index (χ2v) is 22.2. The van der Waals surface area contributed by atoms with Crippen molar-refractivity contribution in [2.24, 2.45) is 0 Å². The van der Waals surface area contributed by atoms with Gasteiger partial charge in [0.15, 0.2) is 0 Å². The quantitative estimate of drug-likeness (QED) is 0.147. The van der Waals surface area contributed by atoms with E-state index in [1.165, 1.54) is 126 Å². The van der Waals surface area contributed by atoms with Crippen LogP contribution in [-0.4, -0.2) is 0 Å². The SMILES string of the molecule is CC1(C)c2cccc3ccc4cc(N(c5ccccc5)c5ccc(-c6ccc(N(c7cc8c9c(ccc%10cccc(c%109)C8(C)C)c7)c7cc8c9c(ccc%10cccc(c%109)C8(C)C)c7)cc6)cc5)cc1c4c23. The average molecular weight is 909 g/mol. The summed E-state index contributed by atoms with van der Waals surface area (Å²) in [5, 5.41) is 16.2. The molecule has 3 aliphatic carbocycles. The molecule has 0 N–H and O–H groups in total. The third-order valence-electron chi connectivity index (χ3n) is 17.2. The van der Waals surface area contributed by atoms with Gasteiger partial charge in [0, 0.05) is 50.4 Å². The number of anilines is 6. The van der Waals surface area contributed by atoms with E-state index in [9.17, 15) is 0 Å². The van der Waals surface area contributed by atoms with Gasteiger partial charge in [-0.3, -0.25) is 0 Å². The molecule has 0 aliphatic heterocycles. The Bertz CT molecular complexity index is 4150. The van der Waals surface area contributed by atoms with E-state index in [4.69, 9.17) is 0 Å². The van der Waals surface area contributed by atoms with Crippen LogP contribution in [0.5, 0.6) is 0 Å². The molecule has 71 heavy (non-hydrogen) atoms. The number of nitrogens with zero attached hydrogens (tertiary/aromatic N) is 2. The number of hydrogen-bond acceptors (Lipinski definition) is 2. The Hall–Kier alpha value is -8.20. The molecule has 0 fully saturated rings. The average Bonchev–Trinajstić information content (AvgIpc) is 3.90. The van der Waals surface area contributed by atoms with E-state index in [1.807, 2.05) is 0 Å². The van der Waals surface area contributed by atoms with Crippen molar-refractivity contribution in [3.63, 3.8) is 0 Å². The Kier molecular flexibility index (Phi) is 8.01. The second-order valence-electron chi connectivity index (χ2n) is 22.2. The molecule has 0 bridgehead atoms. The van der Waals surface area contributed by atoms with Crippen molar-refractivity contribution in [1.82, 2.24) is 0 Å². The lowest BCUT2D eigenvalue weighted by Crippen LogP contribution is -2.18. The lowest BCUT2D eigenvalue weighted by molar-refractivity contribution is 0.662. The maximum absolute atomic E-state index is 2.52. The van der Waals surface area contributed by atoms with E-state index in [2.05, 4.69) is 258 Å². The van der Waals surface area contributed by atoms with Gasteiger partial charge in [-0.1, -0.05) is 175 Å². The fraction of sp³-hybridized carbons (Fsp3) is 0.130. The first-order chi connectivity index (χ1) is 34.4. The Morgan fingerprint density at radius 2 is 0.521 bits per heavy atom. The molecule has 0 atom stereocenters. The van der Waals surface area contributed by atoms with Crippen LogP contribution in [0, 0.1) is 0 Å². The van der Waals surface area contributed by atoms with Gasteiger partial charge in [0.05, 0.1) is 0 Å². The van der Waals surface area contributed by atoms with Gasteiger partial charge in [-0.15, -0.1) is 0 Å². The molecule has 12 aromatic carbocycles. The second kappa shape index (κ2) is 14.0. The van der Waals surface area contributed by atoms with E-state index < -0.39 is 0 Å². The van der Waals surface area contributed by atoms with Gasteiger partial charge in [-0.25, -0.2) is 0 Å². The highest BCUT2D eigenvalue weighted by Gasteiger charge is 2.38. The van der Waals surface area contributed by atoms with Gasteiger partial charge in [-0.2, -0.15) is 0 Å². The predicted octanol–water partition coefficient (Wildman–Crippen LogP) is 19.1. The minimum atomic E-state index is -0.136. The fourth-order valence-electron chi connectivity index (χ4n) is 13.6. The summed E-state index contributed by atoms with van der Waals surface area (Å²) in [7, 11) is 0. The zero-order valence-electron chi connectivity index (χ0n) is 41.0. The first-order valence-corrected chi connectivity index (χ1v) is 25.3. The summed E-state index contributed by atoms with van der Waals surface area (Å²) in [4.78, 5) is 4.94. The minimum Gasteiger partial charge on any atom is -0.310 e. The van der Waals surface area contributed by atoms with Gasteiger partial charge in [-0.05, 0) is 182 Å². The van der Waals surface area contributed by atoms with E-state index >= 15 is 0 Å². The number of para-hydroxylation sites is 1. The van der Waals surface area contributed by atoms with Crippen molar-refractivity contribution in [1.29, 1.82) is 0 Å². The third-order valence-corrected chi connectivity index (χ3v) is 17.2. The smallest absolute Gasteiger partial charge is 0.0471 e. The van der Waals surface area contributed by atoms with E-state index in [0.29, 0.717) is 0 Å². The Morgan fingerprint density at radius 3 is 0.873 bits per heavy atom. The van der Waals surface area contributed by atoms with Gasteiger partial charge in [0.2, 0.25) is 0 Å². The summed E-state index contributed by atoms with van der Waals surface area (Å²) >= 11 is 0. The lowest BCUT2D eigenvalue weighted by atomic mass is 9.81. The van der Waals surface area contributed by atoms with Crippen LogP contribution in [-0.2, 0) is 16.2 Å².